The van der Waals surface area contributed by atoms with Crippen molar-refractivity contribution in [1.29, 1.82) is 5.26 Å². The van der Waals surface area contributed by atoms with E-state index < -0.39 is 0 Å². The van der Waals surface area contributed by atoms with Crippen molar-refractivity contribution in [1.82, 2.24) is 9.97 Å². The van der Waals surface area contributed by atoms with Crippen LogP contribution in [0.2, 0.25) is 0 Å². The highest BCUT2D eigenvalue weighted by Crippen LogP contribution is 2.16. The average Bonchev–Trinajstić information content (AvgIpc) is 2.84. The summed E-state index contributed by atoms with van der Waals surface area (Å²) in [7, 11) is 0. The maximum Gasteiger partial charge on any atom is 0.101 e. The molecular formula is C12H13N5. The number of benzene rings is 1. The highest BCUT2D eigenvalue weighted by atomic mass is 14.9. The molecule has 1 aromatic carbocycles. The summed E-state index contributed by atoms with van der Waals surface area (Å²) >= 11 is 0. The van der Waals surface area contributed by atoms with Crippen LogP contribution in [0.5, 0.6) is 0 Å². The van der Waals surface area contributed by atoms with E-state index in [-0.39, 0.29) is 0 Å². The number of H-pyrrole nitrogens is 1. The quantitative estimate of drug-likeness (QED) is 0.691. The number of nitrogen functional groups attached to an aromatic ring is 1. The van der Waals surface area contributed by atoms with E-state index in [9.17, 15) is 0 Å². The minimum absolute atomic E-state index is 0.497. The Balaban J connectivity index is 1.93. The zero-order valence-electron chi connectivity index (χ0n) is 9.27. The fourth-order valence-corrected chi connectivity index (χ4v) is 1.53. The first kappa shape index (κ1) is 11.0. The first-order chi connectivity index (χ1) is 8.29. The molecule has 5 nitrogen and oxygen atoms in total. The number of hydrogen-bond donors (Lipinski definition) is 3. The van der Waals surface area contributed by atoms with Gasteiger partial charge in [0.15, 0.2) is 0 Å². The van der Waals surface area contributed by atoms with E-state index in [1.807, 2.05) is 6.07 Å². The van der Waals surface area contributed by atoms with Gasteiger partial charge in [-0.1, -0.05) is 0 Å². The molecule has 0 aliphatic heterocycles. The lowest BCUT2D eigenvalue weighted by atomic mass is 10.2. The summed E-state index contributed by atoms with van der Waals surface area (Å²) in [4.78, 5) is 6.98. The number of nitrogens with one attached hydrogen (secondary N) is 2. The van der Waals surface area contributed by atoms with Gasteiger partial charge >= 0.3 is 0 Å². The van der Waals surface area contributed by atoms with Crippen molar-refractivity contribution < 1.29 is 0 Å². The predicted octanol–water partition coefficient (Wildman–Crippen LogP) is 1.52. The molecule has 0 fully saturated rings. The van der Waals surface area contributed by atoms with E-state index in [0.29, 0.717) is 11.3 Å². The lowest BCUT2D eigenvalue weighted by Gasteiger charge is -2.06. The molecule has 0 unspecified atom stereocenters. The van der Waals surface area contributed by atoms with Crippen molar-refractivity contribution >= 4 is 11.4 Å². The van der Waals surface area contributed by atoms with Crippen LogP contribution in [-0.2, 0) is 6.42 Å². The molecule has 17 heavy (non-hydrogen) atoms. The van der Waals surface area contributed by atoms with Gasteiger partial charge in [-0.05, 0) is 18.2 Å². The van der Waals surface area contributed by atoms with Gasteiger partial charge in [-0.25, -0.2) is 4.98 Å². The number of imidazole rings is 1. The maximum atomic E-state index is 8.85. The van der Waals surface area contributed by atoms with Gasteiger partial charge in [-0.2, -0.15) is 5.26 Å². The molecule has 0 saturated carbocycles. The Morgan fingerprint density at radius 2 is 2.35 bits per heavy atom. The van der Waals surface area contributed by atoms with Crippen LogP contribution < -0.4 is 11.1 Å². The van der Waals surface area contributed by atoms with E-state index in [4.69, 9.17) is 11.0 Å². The third kappa shape index (κ3) is 2.75. The summed E-state index contributed by atoms with van der Waals surface area (Å²) in [6.45, 7) is 0.775. The molecule has 5 heteroatoms. The van der Waals surface area contributed by atoms with Gasteiger partial charge in [0.2, 0.25) is 0 Å². The minimum Gasteiger partial charge on any atom is -0.398 e. The van der Waals surface area contributed by atoms with Gasteiger partial charge in [-0.3, -0.25) is 0 Å². The molecule has 1 heterocycles. The summed E-state index contributed by atoms with van der Waals surface area (Å²) in [6, 6.07) is 7.41. The van der Waals surface area contributed by atoms with Crippen molar-refractivity contribution in [3.8, 4) is 6.07 Å². The van der Waals surface area contributed by atoms with Gasteiger partial charge in [0.25, 0.3) is 0 Å². The molecule has 0 bridgehead atoms. The minimum atomic E-state index is 0.497. The fourth-order valence-electron chi connectivity index (χ4n) is 1.53. The summed E-state index contributed by atoms with van der Waals surface area (Å²) in [5.74, 6) is 0. The molecule has 1 aromatic heterocycles. The summed E-state index contributed by atoms with van der Waals surface area (Å²) < 4.78 is 0. The van der Waals surface area contributed by atoms with Crippen molar-refractivity contribution in [2.45, 2.75) is 6.42 Å². The van der Waals surface area contributed by atoms with Crippen molar-refractivity contribution in [2.24, 2.45) is 0 Å². The third-order valence-electron chi connectivity index (χ3n) is 2.45. The first-order valence-electron chi connectivity index (χ1n) is 5.30. The summed E-state index contributed by atoms with van der Waals surface area (Å²) in [5.41, 5.74) is 8.62. The summed E-state index contributed by atoms with van der Waals surface area (Å²) in [5, 5.41) is 12.1. The van der Waals surface area contributed by atoms with E-state index in [1.54, 1.807) is 24.7 Å². The van der Waals surface area contributed by atoms with Crippen LogP contribution in [0, 0.1) is 11.3 Å². The second kappa shape index (κ2) is 5.03. The average molecular weight is 227 g/mol. The predicted molar refractivity (Wildman–Crippen MR) is 66.4 cm³/mol. The molecule has 0 radical (unpaired) electrons. The zero-order valence-corrected chi connectivity index (χ0v) is 9.27. The molecule has 0 spiro atoms. The Morgan fingerprint density at radius 1 is 1.47 bits per heavy atom. The molecule has 0 atom stereocenters. The largest absolute Gasteiger partial charge is 0.398 e. The molecule has 0 saturated heterocycles. The van der Waals surface area contributed by atoms with Crippen LogP contribution in [0.25, 0.3) is 0 Å². The second-order valence-corrected chi connectivity index (χ2v) is 3.67. The Labute approximate surface area is 99.3 Å². The third-order valence-corrected chi connectivity index (χ3v) is 2.45. The normalized spacial score (nSPS) is 9.82. The number of aromatic amines is 1. The highest BCUT2D eigenvalue weighted by molar-refractivity contribution is 5.61. The first-order valence-corrected chi connectivity index (χ1v) is 5.30. The van der Waals surface area contributed by atoms with Crippen LogP contribution >= 0.6 is 0 Å². The Morgan fingerprint density at radius 3 is 3.06 bits per heavy atom. The van der Waals surface area contributed by atoms with Crippen LogP contribution in [0.4, 0.5) is 11.4 Å². The second-order valence-electron chi connectivity index (χ2n) is 3.67. The van der Waals surface area contributed by atoms with E-state index >= 15 is 0 Å². The highest BCUT2D eigenvalue weighted by Gasteiger charge is 2.00. The number of nitriles is 1. The van der Waals surface area contributed by atoms with E-state index in [1.165, 1.54) is 0 Å². The monoisotopic (exact) mass is 227 g/mol. The topological polar surface area (TPSA) is 90.5 Å². The Kier molecular flexibility index (Phi) is 3.26. The van der Waals surface area contributed by atoms with Crippen LogP contribution in [0.1, 0.15) is 11.3 Å². The molecule has 2 aromatic rings. The maximum absolute atomic E-state index is 8.85. The lowest BCUT2D eigenvalue weighted by Crippen LogP contribution is -2.05. The SMILES string of the molecule is N#Cc1cc(NCCc2cnc[nH]2)ccc1N. The standard InChI is InChI=1S/C12H13N5/c13-6-9-5-10(1-2-12(9)14)16-4-3-11-7-15-8-17-11/h1-2,5,7-8,16H,3-4,14H2,(H,15,17). The van der Waals surface area contributed by atoms with Gasteiger partial charge in [-0.15, -0.1) is 0 Å². The van der Waals surface area contributed by atoms with Gasteiger partial charge in [0.05, 0.1) is 11.9 Å². The summed E-state index contributed by atoms with van der Waals surface area (Å²) in [6.07, 6.45) is 4.31. The van der Waals surface area contributed by atoms with E-state index in [0.717, 1.165) is 24.3 Å². The number of anilines is 2. The van der Waals surface area contributed by atoms with Gasteiger partial charge in [0, 0.05) is 36.2 Å². The lowest BCUT2D eigenvalue weighted by molar-refractivity contribution is 0.977. The zero-order chi connectivity index (χ0) is 12.1. The number of rotatable bonds is 4. The van der Waals surface area contributed by atoms with Crippen molar-refractivity contribution in [3.63, 3.8) is 0 Å². The number of nitrogens with two attached hydrogens (primary N) is 1. The number of aromatic nitrogens is 2. The van der Waals surface area contributed by atoms with Gasteiger partial charge < -0.3 is 16.0 Å². The van der Waals surface area contributed by atoms with E-state index in [2.05, 4.69) is 21.4 Å². The molecule has 0 amide bonds. The number of nitrogens with zero attached hydrogens (tertiary/aromatic N) is 2. The molecular weight excluding hydrogens is 214 g/mol. The smallest absolute Gasteiger partial charge is 0.101 e. The molecule has 2 rings (SSSR count). The Hall–Kier alpha value is -2.48. The molecule has 4 N–H and O–H groups in total. The molecule has 0 aliphatic rings. The van der Waals surface area contributed by atoms with Gasteiger partial charge in [0.1, 0.15) is 6.07 Å². The number of hydrogen-bond acceptors (Lipinski definition) is 4. The van der Waals surface area contributed by atoms with Crippen molar-refractivity contribution in [3.05, 3.63) is 42.0 Å². The van der Waals surface area contributed by atoms with Crippen molar-refractivity contribution in [2.75, 3.05) is 17.6 Å². The fraction of sp³-hybridized carbons (Fsp3) is 0.167. The van der Waals surface area contributed by atoms with Crippen LogP contribution in [0.15, 0.2) is 30.7 Å². The van der Waals surface area contributed by atoms with Crippen LogP contribution in [0.3, 0.4) is 0 Å². The Bertz CT molecular complexity index is 524. The molecule has 0 aliphatic carbocycles. The van der Waals surface area contributed by atoms with Crippen LogP contribution in [-0.4, -0.2) is 16.5 Å². The molecule has 86 valence electrons.